The minimum Gasteiger partial charge on any atom is -0.310 e. The Bertz CT molecular complexity index is 292. The molecule has 0 aliphatic carbocycles. The van der Waals surface area contributed by atoms with Crippen molar-refractivity contribution in [2.75, 3.05) is 19.6 Å². The minimum absolute atomic E-state index is 0.621. The van der Waals surface area contributed by atoms with Gasteiger partial charge in [0.25, 0.3) is 0 Å². The maximum atomic E-state index is 3.53. The molecule has 0 fully saturated rings. The predicted molar refractivity (Wildman–Crippen MR) is 73.1 cm³/mol. The van der Waals surface area contributed by atoms with Crippen molar-refractivity contribution >= 4 is 11.3 Å². The van der Waals surface area contributed by atoms with Gasteiger partial charge in [-0.15, -0.1) is 11.3 Å². The van der Waals surface area contributed by atoms with Crippen LogP contribution < -0.4 is 5.32 Å². The van der Waals surface area contributed by atoms with Crippen molar-refractivity contribution in [2.45, 2.75) is 40.3 Å². The van der Waals surface area contributed by atoms with Crippen LogP contribution in [0.15, 0.2) is 12.1 Å². The molecule has 3 heteroatoms. The molecule has 1 atom stereocenters. The third-order valence-corrected chi connectivity index (χ3v) is 3.97. The van der Waals surface area contributed by atoms with Crippen molar-refractivity contribution in [3.8, 4) is 0 Å². The lowest BCUT2D eigenvalue weighted by molar-refractivity contribution is 0.226. The SMILES string of the molecule is CCN(CC)C(C)CNCc1ccc(C)s1. The molecule has 0 radical (unpaired) electrons. The van der Waals surface area contributed by atoms with Gasteiger partial charge in [0.1, 0.15) is 0 Å². The quantitative estimate of drug-likeness (QED) is 0.788. The van der Waals surface area contributed by atoms with E-state index in [1.165, 1.54) is 9.75 Å². The van der Waals surface area contributed by atoms with Gasteiger partial charge in [0.2, 0.25) is 0 Å². The molecule has 1 aromatic rings. The third kappa shape index (κ3) is 4.24. The van der Waals surface area contributed by atoms with Crippen molar-refractivity contribution < 1.29 is 0 Å². The van der Waals surface area contributed by atoms with Crippen molar-refractivity contribution in [3.63, 3.8) is 0 Å². The molecular formula is C13H24N2S. The summed E-state index contributed by atoms with van der Waals surface area (Å²) in [4.78, 5) is 5.31. The van der Waals surface area contributed by atoms with Crippen LogP contribution in [-0.4, -0.2) is 30.6 Å². The van der Waals surface area contributed by atoms with Crippen molar-refractivity contribution in [3.05, 3.63) is 21.9 Å². The van der Waals surface area contributed by atoms with Gasteiger partial charge in [-0.2, -0.15) is 0 Å². The molecule has 1 heterocycles. The first-order chi connectivity index (χ1) is 7.67. The second-order valence-electron chi connectivity index (χ2n) is 4.21. The van der Waals surface area contributed by atoms with Gasteiger partial charge in [-0.25, -0.2) is 0 Å². The van der Waals surface area contributed by atoms with E-state index < -0.39 is 0 Å². The minimum atomic E-state index is 0.621. The van der Waals surface area contributed by atoms with Crippen LogP contribution in [0, 0.1) is 6.92 Å². The first kappa shape index (κ1) is 13.7. The topological polar surface area (TPSA) is 15.3 Å². The van der Waals surface area contributed by atoms with Gasteiger partial charge in [0, 0.05) is 28.9 Å². The number of rotatable bonds is 7. The summed E-state index contributed by atoms with van der Waals surface area (Å²) in [5, 5.41) is 3.53. The second-order valence-corrected chi connectivity index (χ2v) is 5.59. The molecule has 0 bridgehead atoms. The van der Waals surface area contributed by atoms with Crippen LogP contribution in [0.1, 0.15) is 30.5 Å². The van der Waals surface area contributed by atoms with E-state index in [-0.39, 0.29) is 0 Å². The largest absolute Gasteiger partial charge is 0.310 e. The number of thiophene rings is 1. The molecule has 2 nitrogen and oxygen atoms in total. The number of nitrogens with one attached hydrogen (secondary N) is 1. The van der Waals surface area contributed by atoms with Gasteiger partial charge in [-0.1, -0.05) is 13.8 Å². The highest BCUT2D eigenvalue weighted by Crippen LogP contribution is 2.14. The zero-order valence-corrected chi connectivity index (χ0v) is 11.7. The second kappa shape index (κ2) is 7.05. The first-order valence-electron chi connectivity index (χ1n) is 6.17. The number of aryl methyl sites for hydroxylation is 1. The summed E-state index contributed by atoms with van der Waals surface area (Å²) in [7, 11) is 0. The van der Waals surface area contributed by atoms with Crippen molar-refractivity contribution in [1.29, 1.82) is 0 Å². The van der Waals surface area contributed by atoms with E-state index >= 15 is 0 Å². The Balaban J connectivity index is 2.24. The molecule has 16 heavy (non-hydrogen) atoms. The molecule has 0 amide bonds. The van der Waals surface area contributed by atoms with Crippen LogP contribution >= 0.6 is 11.3 Å². The van der Waals surface area contributed by atoms with Crippen LogP contribution in [0.2, 0.25) is 0 Å². The Hall–Kier alpha value is -0.380. The number of hydrogen-bond acceptors (Lipinski definition) is 3. The fourth-order valence-electron chi connectivity index (χ4n) is 1.96. The molecule has 92 valence electrons. The molecule has 1 unspecified atom stereocenters. The highest BCUT2D eigenvalue weighted by molar-refractivity contribution is 7.11. The van der Waals surface area contributed by atoms with Crippen molar-refractivity contribution in [2.24, 2.45) is 0 Å². The fraction of sp³-hybridized carbons (Fsp3) is 0.692. The molecule has 0 aliphatic heterocycles. The Morgan fingerprint density at radius 2 is 2.00 bits per heavy atom. The Morgan fingerprint density at radius 3 is 2.50 bits per heavy atom. The van der Waals surface area contributed by atoms with Crippen LogP contribution in [0.25, 0.3) is 0 Å². The fourth-order valence-corrected chi connectivity index (χ4v) is 2.82. The molecular weight excluding hydrogens is 216 g/mol. The van der Waals surface area contributed by atoms with E-state index in [0.717, 1.165) is 26.2 Å². The molecule has 0 aliphatic rings. The molecule has 0 aromatic carbocycles. The number of nitrogens with zero attached hydrogens (tertiary/aromatic N) is 1. The van der Waals surface area contributed by atoms with E-state index in [1.54, 1.807) is 0 Å². The average Bonchev–Trinajstić information content (AvgIpc) is 2.66. The van der Waals surface area contributed by atoms with Gasteiger partial charge in [-0.3, -0.25) is 4.90 Å². The van der Waals surface area contributed by atoms with Crippen molar-refractivity contribution in [1.82, 2.24) is 10.2 Å². The Kier molecular flexibility index (Phi) is 6.03. The standard InChI is InChI=1S/C13H24N2S/c1-5-15(6-2)11(3)9-14-10-13-8-7-12(4)16-13/h7-8,11,14H,5-6,9-10H2,1-4H3. The Morgan fingerprint density at radius 1 is 1.31 bits per heavy atom. The highest BCUT2D eigenvalue weighted by Gasteiger charge is 2.08. The van der Waals surface area contributed by atoms with E-state index in [1.807, 2.05) is 11.3 Å². The predicted octanol–water partition coefficient (Wildman–Crippen LogP) is 2.88. The summed E-state index contributed by atoms with van der Waals surface area (Å²) in [5.74, 6) is 0. The summed E-state index contributed by atoms with van der Waals surface area (Å²) in [6.07, 6.45) is 0. The normalized spacial score (nSPS) is 13.3. The summed E-state index contributed by atoms with van der Waals surface area (Å²) in [6, 6.07) is 5.03. The Labute approximate surface area is 104 Å². The van der Waals surface area contributed by atoms with Crippen LogP contribution in [0.5, 0.6) is 0 Å². The lowest BCUT2D eigenvalue weighted by atomic mass is 10.2. The van der Waals surface area contributed by atoms with Gasteiger partial charge in [-0.05, 0) is 39.1 Å². The smallest absolute Gasteiger partial charge is 0.0300 e. The van der Waals surface area contributed by atoms with E-state index in [4.69, 9.17) is 0 Å². The number of hydrogen-bond donors (Lipinski definition) is 1. The van der Waals surface area contributed by atoms with Gasteiger partial charge in [0.15, 0.2) is 0 Å². The highest BCUT2D eigenvalue weighted by atomic mass is 32.1. The number of likely N-dealkylation sites (N-methyl/N-ethyl adjacent to an activating group) is 1. The maximum Gasteiger partial charge on any atom is 0.0300 e. The average molecular weight is 240 g/mol. The van der Waals surface area contributed by atoms with Crippen LogP contribution in [0.3, 0.4) is 0 Å². The lowest BCUT2D eigenvalue weighted by Crippen LogP contribution is -2.39. The summed E-state index contributed by atoms with van der Waals surface area (Å²) in [6.45, 7) is 13.2. The zero-order chi connectivity index (χ0) is 12.0. The van der Waals surface area contributed by atoms with E-state index in [0.29, 0.717) is 6.04 Å². The monoisotopic (exact) mass is 240 g/mol. The molecule has 0 saturated carbocycles. The van der Waals surface area contributed by atoms with E-state index in [2.05, 4.69) is 50.0 Å². The third-order valence-electron chi connectivity index (χ3n) is 2.97. The van der Waals surface area contributed by atoms with Gasteiger partial charge in [0.05, 0.1) is 0 Å². The molecule has 0 spiro atoms. The molecule has 1 rings (SSSR count). The van der Waals surface area contributed by atoms with Gasteiger partial charge >= 0.3 is 0 Å². The van der Waals surface area contributed by atoms with E-state index in [9.17, 15) is 0 Å². The summed E-state index contributed by atoms with van der Waals surface area (Å²) < 4.78 is 0. The maximum absolute atomic E-state index is 3.53. The summed E-state index contributed by atoms with van der Waals surface area (Å²) >= 11 is 1.88. The zero-order valence-electron chi connectivity index (χ0n) is 10.9. The molecule has 1 N–H and O–H groups in total. The van der Waals surface area contributed by atoms with Crippen LogP contribution in [0.4, 0.5) is 0 Å². The first-order valence-corrected chi connectivity index (χ1v) is 6.99. The molecule has 0 saturated heterocycles. The van der Waals surface area contributed by atoms with Crippen LogP contribution in [-0.2, 0) is 6.54 Å². The molecule has 1 aromatic heterocycles. The lowest BCUT2D eigenvalue weighted by Gasteiger charge is -2.26. The summed E-state index contributed by atoms with van der Waals surface area (Å²) in [5.41, 5.74) is 0. The van der Waals surface area contributed by atoms with Gasteiger partial charge < -0.3 is 5.32 Å².